The number of para-hydroxylation sites is 1. The summed E-state index contributed by atoms with van der Waals surface area (Å²) in [5.41, 5.74) is 7.13. The molecule has 114 valence electrons. The van der Waals surface area contributed by atoms with Crippen LogP contribution in [0.15, 0.2) is 72.8 Å². The van der Waals surface area contributed by atoms with Crippen LogP contribution in [0, 0.1) is 0 Å². The Balaban J connectivity index is 1.62. The number of rotatable bonds is 3. The molecule has 1 amide bonds. The second-order valence-corrected chi connectivity index (χ2v) is 5.37. The monoisotopic (exact) mass is 321 g/mol. The molecule has 0 fully saturated rings. The number of fused-ring (bicyclic) bond motifs is 1. The molecule has 3 aromatic rings. The summed E-state index contributed by atoms with van der Waals surface area (Å²) in [7, 11) is 0. The second kappa shape index (κ2) is 6.89. The minimum atomic E-state index is -0.247. The number of nitrogens with one attached hydrogen (secondary N) is 3. The van der Waals surface area contributed by atoms with Gasteiger partial charge in [0.25, 0.3) is 5.91 Å². The summed E-state index contributed by atoms with van der Waals surface area (Å²) in [4.78, 5) is 12.2. The number of hydrogen-bond acceptors (Lipinski definition) is 3. The van der Waals surface area contributed by atoms with E-state index in [0.717, 1.165) is 16.5 Å². The summed E-state index contributed by atoms with van der Waals surface area (Å²) < 4.78 is 0. The molecule has 3 aromatic carbocycles. The SMILES string of the molecule is O=C(NC(=S)NNc1ccccc1)c1ccc2ccccc2c1. The van der Waals surface area contributed by atoms with Gasteiger partial charge in [0.2, 0.25) is 0 Å². The smallest absolute Gasteiger partial charge is 0.257 e. The van der Waals surface area contributed by atoms with Crippen LogP contribution in [-0.2, 0) is 0 Å². The molecule has 0 saturated carbocycles. The first-order chi connectivity index (χ1) is 11.2. The van der Waals surface area contributed by atoms with Gasteiger partial charge in [-0.1, -0.05) is 48.5 Å². The fraction of sp³-hybridized carbons (Fsp3) is 0. The molecule has 0 aliphatic rings. The highest BCUT2D eigenvalue weighted by Gasteiger charge is 2.08. The van der Waals surface area contributed by atoms with Gasteiger partial charge in [0.05, 0.1) is 5.69 Å². The molecular formula is C18H15N3OS. The van der Waals surface area contributed by atoms with Crippen LogP contribution in [0.4, 0.5) is 5.69 Å². The van der Waals surface area contributed by atoms with Crippen LogP contribution in [-0.4, -0.2) is 11.0 Å². The number of anilines is 1. The van der Waals surface area contributed by atoms with Gasteiger partial charge in [-0.2, -0.15) is 0 Å². The molecule has 0 radical (unpaired) electrons. The average molecular weight is 321 g/mol. The highest BCUT2D eigenvalue weighted by atomic mass is 32.1. The average Bonchev–Trinajstić information content (AvgIpc) is 2.60. The molecule has 0 unspecified atom stereocenters. The summed E-state index contributed by atoms with van der Waals surface area (Å²) in [6.45, 7) is 0. The van der Waals surface area contributed by atoms with Gasteiger partial charge in [-0.25, -0.2) is 0 Å². The minimum absolute atomic E-state index is 0.215. The molecule has 23 heavy (non-hydrogen) atoms. The van der Waals surface area contributed by atoms with Gasteiger partial charge >= 0.3 is 0 Å². The van der Waals surface area contributed by atoms with E-state index in [1.54, 1.807) is 6.07 Å². The van der Waals surface area contributed by atoms with Crippen molar-refractivity contribution in [1.29, 1.82) is 0 Å². The molecule has 0 spiro atoms. The molecule has 0 aromatic heterocycles. The van der Waals surface area contributed by atoms with Gasteiger partial charge in [-0.05, 0) is 47.3 Å². The zero-order valence-electron chi connectivity index (χ0n) is 12.2. The topological polar surface area (TPSA) is 53.2 Å². The van der Waals surface area contributed by atoms with Crippen LogP contribution < -0.4 is 16.2 Å². The Hall–Kier alpha value is -2.92. The maximum atomic E-state index is 12.2. The Kier molecular flexibility index (Phi) is 4.49. The van der Waals surface area contributed by atoms with E-state index in [-0.39, 0.29) is 11.0 Å². The summed E-state index contributed by atoms with van der Waals surface area (Å²) >= 11 is 5.12. The zero-order chi connectivity index (χ0) is 16.1. The molecule has 0 aliphatic carbocycles. The number of amides is 1. The second-order valence-electron chi connectivity index (χ2n) is 4.96. The predicted octanol–water partition coefficient (Wildman–Crippen LogP) is 3.47. The van der Waals surface area contributed by atoms with Crippen LogP contribution in [0.1, 0.15) is 10.4 Å². The number of carbonyl (C=O) groups is 1. The highest BCUT2D eigenvalue weighted by Crippen LogP contribution is 2.15. The van der Waals surface area contributed by atoms with Crippen LogP contribution in [0.2, 0.25) is 0 Å². The number of thiocarbonyl (C=S) groups is 1. The molecular weight excluding hydrogens is 306 g/mol. The van der Waals surface area contributed by atoms with Crippen molar-refractivity contribution < 1.29 is 4.79 Å². The molecule has 0 saturated heterocycles. The van der Waals surface area contributed by atoms with E-state index in [0.29, 0.717) is 5.56 Å². The zero-order valence-corrected chi connectivity index (χ0v) is 13.1. The molecule has 0 aliphatic heterocycles. The Morgan fingerprint density at radius 3 is 2.30 bits per heavy atom. The van der Waals surface area contributed by atoms with Gasteiger partial charge in [0.15, 0.2) is 5.11 Å². The van der Waals surface area contributed by atoms with Gasteiger partial charge < -0.3 is 0 Å². The van der Waals surface area contributed by atoms with Crippen LogP contribution in [0.5, 0.6) is 0 Å². The Morgan fingerprint density at radius 1 is 0.826 bits per heavy atom. The Morgan fingerprint density at radius 2 is 1.52 bits per heavy atom. The molecule has 4 nitrogen and oxygen atoms in total. The predicted molar refractivity (Wildman–Crippen MR) is 97.2 cm³/mol. The van der Waals surface area contributed by atoms with Crippen molar-refractivity contribution in [2.24, 2.45) is 0 Å². The van der Waals surface area contributed by atoms with Crippen LogP contribution in [0.3, 0.4) is 0 Å². The third kappa shape index (κ3) is 3.84. The fourth-order valence-electron chi connectivity index (χ4n) is 2.19. The Bertz CT molecular complexity index is 849. The third-order valence-electron chi connectivity index (χ3n) is 3.33. The third-order valence-corrected chi connectivity index (χ3v) is 3.54. The fourth-order valence-corrected chi connectivity index (χ4v) is 2.33. The van der Waals surface area contributed by atoms with Crippen LogP contribution >= 0.6 is 12.2 Å². The van der Waals surface area contributed by atoms with Gasteiger partial charge in [0, 0.05) is 5.56 Å². The summed E-state index contributed by atoms with van der Waals surface area (Å²) in [6.07, 6.45) is 0. The van der Waals surface area contributed by atoms with Crippen molar-refractivity contribution in [3.63, 3.8) is 0 Å². The molecule has 0 bridgehead atoms. The maximum Gasteiger partial charge on any atom is 0.257 e. The van der Waals surface area contributed by atoms with Crippen LogP contribution in [0.25, 0.3) is 10.8 Å². The summed E-state index contributed by atoms with van der Waals surface area (Å²) in [5.74, 6) is -0.247. The minimum Gasteiger partial charge on any atom is -0.299 e. The van der Waals surface area contributed by atoms with Crippen molar-refractivity contribution in [3.05, 3.63) is 78.4 Å². The number of hydrazine groups is 1. The first-order valence-electron chi connectivity index (χ1n) is 7.13. The molecule has 3 rings (SSSR count). The van der Waals surface area contributed by atoms with Gasteiger partial charge in [-0.15, -0.1) is 0 Å². The Labute approximate surface area is 139 Å². The van der Waals surface area contributed by atoms with E-state index >= 15 is 0 Å². The number of carbonyl (C=O) groups excluding carboxylic acids is 1. The van der Waals surface area contributed by atoms with Crippen molar-refractivity contribution in [2.75, 3.05) is 5.43 Å². The molecule has 0 heterocycles. The van der Waals surface area contributed by atoms with E-state index in [9.17, 15) is 4.79 Å². The normalized spacial score (nSPS) is 10.1. The standard InChI is InChI=1S/C18H15N3OS/c22-17(15-11-10-13-6-4-5-7-14(13)12-15)19-18(23)21-20-16-8-2-1-3-9-16/h1-12,20H,(H2,19,21,22,23). The summed E-state index contributed by atoms with van der Waals surface area (Å²) in [6, 6.07) is 22.9. The first kappa shape index (κ1) is 15.0. The lowest BCUT2D eigenvalue weighted by molar-refractivity contribution is 0.0977. The van der Waals surface area contributed by atoms with E-state index in [4.69, 9.17) is 12.2 Å². The van der Waals surface area contributed by atoms with Gasteiger partial charge in [0.1, 0.15) is 0 Å². The largest absolute Gasteiger partial charge is 0.299 e. The van der Waals surface area contributed by atoms with Crippen molar-refractivity contribution in [1.82, 2.24) is 10.7 Å². The molecule has 0 atom stereocenters. The number of hydrogen-bond donors (Lipinski definition) is 3. The molecule has 5 heteroatoms. The summed E-state index contributed by atoms with van der Waals surface area (Å²) in [5, 5.41) is 4.97. The number of benzene rings is 3. The lowest BCUT2D eigenvalue weighted by Gasteiger charge is -2.11. The van der Waals surface area contributed by atoms with Crippen molar-refractivity contribution >= 4 is 39.7 Å². The lowest BCUT2D eigenvalue weighted by Crippen LogP contribution is -2.41. The molecule has 3 N–H and O–H groups in total. The van der Waals surface area contributed by atoms with Crippen molar-refractivity contribution in [2.45, 2.75) is 0 Å². The highest BCUT2D eigenvalue weighted by molar-refractivity contribution is 7.80. The van der Waals surface area contributed by atoms with E-state index in [1.807, 2.05) is 66.7 Å². The van der Waals surface area contributed by atoms with E-state index in [2.05, 4.69) is 16.2 Å². The van der Waals surface area contributed by atoms with E-state index in [1.165, 1.54) is 0 Å². The quantitative estimate of drug-likeness (QED) is 0.511. The van der Waals surface area contributed by atoms with Gasteiger partial charge in [-0.3, -0.25) is 21.0 Å². The van der Waals surface area contributed by atoms with E-state index < -0.39 is 0 Å². The maximum absolute atomic E-state index is 12.2. The first-order valence-corrected chi connectivity index (χ1v) is 7.54. The lowest BCUT2D eigenvalue weighted by atomic mass is 10.1. The van der Waals surface area contributed by atoms with Crippen molar-refractivity contribution in [3.8, 4) is 0 Å².